The van der Waals surface area contributed by atoms with Crippen molar-refractivity contribution in [3.05, 3.63) is 35.8 Å². The molecular weight excluding hydrogens is 315 g/mol. The number of anilines is 1. The molecule has 1 aromatic carbocycles. The Morgan fingerprint density at radius 1 is 1.26 bits per heavy atom. The smallest absolute Gasteiger partial charge is 0.154 e. The fourth-order valence-electron chi connectivity index (χ4n) is 2.90. The summed E-state index contributed by atoms with van der Waals surface area (Å²) in [6.45, 7) is 5.83. The third kappa shape index (κ3) is 3.32. The number of aryl methyl sites for hydroxylation is 1. The Balaban J connectivity index is 2.45. The fraction of sp³-hybridized carbons (Fsp3) is 0.471. The molecule has 0 atom stereocenters. The van der Waals surface area contributed by atoms with E-state index in [0.29, 0.717) is 35.1 Å². The second kappa shape index (κ2) is 6.43. The Bertz CT molecular complexity index is 815. The van der Waals surface area contributed by atoms with Crippen molar-refractivity contribution in [1.29, 1.82) is 0 Å². The molecule has 2 rings (SSSR count). The molecule has 0 aliphatic rings. The van der Waals surface area contributed by atoms with Crippen molar-refractivity contribution < 1.29 is 12.8 Å². The minimum atomic E-state index is -3.22. The van der Waals surface area contributed by atoms with E-state index in [4.69, 9.17) is 0 Å². The number of nitrogens with zero attached hydrogens (tertiary/aromatic N) is 1. The van der Waals surface area contributed by atoms with Crippen molar-refractivity contribution >= 4 is 26.4 Å². The molecule has 0 bridgehead atoms. The van der Waals surface area contributed by atoms with E-state index >= 15 is 0 Å². The van der Waals surface area contributed by atoms with Gasteiger partial charge in [-0.15, -0.1) is 0 Å². The largest absolute Gasteiger partial charge is 0.383 e. The van der Waals surface area contributed by atoms with Crippen molar-refractivity contribution in [2.24, 2.45) is 0 Å². The van der Waals surface area contributed by atoms with E-state index in [1.165, 1.54) is 12.3 Å². The second-order valence-corrected chi connectivity index (χ2v) is 8.37. The van der Waals surface area contributed by atoms with Crippen LogP contribution in [0.4, 0.5) is 10.1 Å². The van der Waals surface area contributed by atoms with Gasteiger partial charge in [-0.25, -0.2) is 17.8 Å². The number of para-hydroxylation sites is 1. The quantitative estimate of drug-likeness (QED) is 0.872. The standard InChI is InChI=1S/C17H23FN2O2S/c1-5-17(6-2,23(4,21)22)11-19-15-10-12(3)20-16-13(15)8-7-9-14(16)18/h7-10H,5-6,11H2,1-4H3,(H,19,20). The highest BCUT2D eigenvalue weighted by molar-refractivity contribution is 7.92. The van der Waals surface area contributed by atoms with Gasteiger partial charge in [-0.3, -0.25) is 0 Å². The Morgan fingerprint density at radius 2 is 1.91 bits per heavy atom. The number of halogens is 1. The van der Waals surface area contributed by atoms with Crippen molar-refractivity contribution in [3.63, 3.8) is 0 Å². The molecule has 0 saturated carbocycles. The summed E-state index contributed by atoms with van der Waals surface area (Å²) in [4.78, 5) is 4.24. The van der Waals surface area contributed by atoms with Crippen LogP contribution in [0.3, 0.4) is 0 Å². The SMILES string of the molecule is CCC(CC)(CNc1cc(C)nc2c(F)cccc12)S(C)(=O)=O. The summed E-state index contributed by atoms with van der Waals surface area (Å²) in [5.74, 6) is -0.380. The highest BCUT2D eigenvalue weighted by Crippen LogP contribution is 2.29. The van der Waals surface area contributed by atoms with E-state index in [1.807, 2.05) is 19.9 Å². The number of fused-ring (bicyclic) bond motifs is 1. The molecule has 0 unspecified atom stereocenters. The highest BCUT2D eigenvalue weighted by atomic mass is 32.2. The van der Waals surface area contributed by atoms with Gasteiger partial charge in [-0.05, 0) is 31.9 Å². The van der Waals surface area contributed by atoms with Gasteiger partial charge in [-0.2, -0.15) is 0 Å². The molecule has 23 heavy (non-hydrogen) atoms. The Kier molecular flexibility index (Phi) is 4.94. The average Bonchev–Trinajstić information content (AvgIpc) is 2.48. The lowest BCUT2D eigenvalue weighted by Gasteiger charge is -2.30. The molecule has 1 heterocycles. The topological polar surface area (TPSA) is 59.1 Å². The lowest BCUT2D eigenvalue weighted by atomic mass is 10.0. The predicted molar refractivity (Wildman–Crippen MR) is 93.1 cm³/mol. The van der Waals surface area contributed by atoms with Gasteiger partial charge in [0.25, 0.3) is 0 Å². The van der Waals surface area contributed by atoms with Crippen molar-refractivity contribution in [2.75, 3.05) is 18.1 Å². The number of aromatic nitrogens is 1. The zero-order valence-electron chi connectivity index (χ0n) is 14.0. The lowest BCUT2D eigenvalue weighted by Crippen LogP contribution is -2.43. The molecule has 1 N–H and O–H groups in total. The summed E-state index contributed by atoms with van der Waals surface area (Å²) in [6.07, 6.45) is 2.31. The zero-order valence-corrected chi connectivity index (χ0v) is 14.8. The van der Waals surface area contributed by atoms with Crippen molar-refractivity contribution in [2.45, 2.75) is 38.4 Å². The number of nitrogens with one attached hydrogen (secondary N) is 1. The van der Waals surface area contributed by atoms with Gasteiger partial charge in [0.15, 0.2) is 9.84 Å². The van der Waals surface area contributed by atoms with Crippen molar-refractivity contribution in [1.82, 2.24) is 4.98 Å². The summed E-state index contributed by atoms with van der Waals surface area (Å²) in [5, 5.41) is 3.88. The van der Waals surface area contributed by atoms with Crippen LogP contribution in [0.5, 0.6) is 0 Å². The van der Waals surface area contributed by atoms with E-state index in [-0.39, 0.29) is 12.4 Å². The molecule has 0 aliphatic carbocycles. The van der Waals surface area contributed by atoms with E-state index in [9.17, 15) is 12.8 Å². The first-order valence-corrected chi connectivity index (χ1v) is 9.62. The van der Waals surface area contributed by atoms with Crippen LogP contribution in [0.1, 0.15) is 32.4 Å². The molecule has 0 spiro atoms. The number of hydrogen-bond donors (Lipinski definition) is 1. The second-order valence-electron chi connectivity index (χ2n) is 5.96. The first-order valence-electron chi connectivity index (χ1n) is 7.73. The minimum Gasteiger partial charge on any atom is -0.383 e. The van der Waals surface area contributed by atoms with Crippen LogP contribution < -0.4 is 5.32 Å². The molecule has 0 radical (unpaired) electrons. The average molecular weight is 338 g/mol. The molecular formula is C17H23FN2O2S. The molecule has 6 heteroatoms. The van der Waals surface area contributed by atoms with Gasteiger partial charge in [-0.1, -0.05) is 26.0 Å². The predicted octanol–water partition coefficient (Wildman–Crippen LogP) is 3.70. The van der Waals surface area contributed by atoms with Crippen LogP contribution in [-0.2, 0) is 9.84 Å². The van der Waals surface area contributed by atoms with E-state index in [1.54, 1.807) is 19.1 Å². The van der Waals surface area contributed by atoms with Crippen LogP contribution in [0, 0.1) is 12.7 Å². The van der Waals surface area contributed by atoms with Gasteiger partial charge in [0, 0.05) is 29.6 Å². The minimum absolute atomic E-state index is 0.286. The first kappa shape index (κ1) is 17.7. The third-order valence-electron chi connectivity index (χ3n) is 4.59. The van der Waals surface area contributed by atoms with Crippen LogP contribution in [0.25, 0.3) is 10.9 Å². The molecule has 1 aromatic heterocycles. The summed E-state index contributed by atoms with van der Waals surface area (Å²) >= 11 is 0. The molecule has 2 aromatic rings. The number of pyridine rings is 1. The van der Waals surface area contributed by atoms with Crippen LogP contribution in [0.15, 0.2) is 24.3 Å². The van der Waals surface area contributed by atoms with E-state index in [2.05, 4.69) is 10.3 Å². The maximum absolute atomic E-state index is 14.0. The van der Waals surface area contributed by atoms with Crippen LogP contribution >= 0.6 is 0 Å². The van der Waals surface area contributed by atoms with E-state index < -0.39 is 14.6 Å². The highest BCUT2D eigenvalue weighted by Gasteiger charge is 2.37. The number of sulfone groups is 1. The zero-order chi connectivity index (χ0) is 17.3. The number of benzene rings is 1. The maximum Gasteiger partial charge on any atom is 0.154 e. The van der Waals surface area contributed by atoms with E-state index in [0.717, 1.165) is 0 Å². The van der Waals surface area contributed by atoms with Gasteiger partial charge < -0.3 is 5.32 Å². The fourth-order valence-corrected chi connectivity index (χ4v) is 4.28. The van der Waals surface area contributed by atoms with Gasteiger partial charge >= 0.3 is 0 Å². The van der Waals surface area contributed by atoms with Crippen LogP contribution in [0.2, 0.25) is 0 Å². The molecule has 0 aliphatic heterocycles. The molecule has 0 saturated heterocycles. The molecule has 126 valence electrons. The van der Waals surface area contributed by atoms with Gasteiger partial charge in [0.1, 0.15) is 11.3 Å². The summed E-state index contributed by atoms with van der Waals surface area (Å²) < 4.78 is 37.5. The summed E-state index contributed by atoms with van der Waals surface area (Å²) in [6, 6.07) is 6.61. The number of hydrogen-bond acceptors (Lipinski definition) is 4. The Morgan fingerprint density at radius 3 is 2.48 bits per heavy atom. The summed E-state index contributed by atoms with van der Waals surface area (Å²) in [7, 11) is -3.22. The van der Waals surface area contributed by atoms with Crippen molar-refractivity contribution in [3.8, 4) is 0 Å². The third-order valence-corrected chi connectivity index (χ3v) is 6.89. The van der Waals surface area contributed by atoms with Gasteiger partial charge in [0.05, 0.1) is 4.75 Å². The number of rotatable bonds is 6. The summed E-state index contributed by atoms with van der Waals surface area (Å²) in [5.41, 5.74) is 1.69. The molecule has 4 nitrogen and oxygen atoms in total. The van der Waals surface area contributed by atoms with Gasteiger partial charge in [0.2, 0.25) is 0 Å². The Hall–Kier alpha value is -1.69. The Labute approximate surface area is 137 Å². The first-order chi connectivity index (χ1) is 10.7. The molecule has 0 fully saturated rings. The monoisotopic (exact) mass is 338 g/mol. The lowest BCUT2D eigenvalue weighted by molar-refractivity contribution is 0.499. The maximum atomic E-state index is 14.0. The molecule has 0 amide bonds. The van der Waals surface area contributed by atoms with Crippen LogP contribution in [-0.4, -0.2) is 30.9 Å². The normalized spacial score (nSPS) is 12.6.